The van der Waals surface area contributed by atoms with Crippen LogP contribution in [0.3, 0.4) is 0 Å². The highest BCUT2D eigenvalue weighted by molar-refractivity contribution is 7.89. The van der Waals surface area contributed by atoms with E-state index in [1.807, 2.05) is 34.6 Å². The number of hydrogen-bond acceptors (Lipinski definition) is 11. The third kappa shape index (κ3) is 11.5. The van der Waals surface area contributed by atoms with Crippen molar-refractivity contribution in [2.45, 2.75) is 63.8 Å². The monoisotopic (exact) mass is 909 g/mol. The molecule has 58 heavy (non-hydrogen) atoms. The first-order chi connectivity index (χ1) is 27.5. The topological polar surface area (TPSA) is 143 Å². The predicted molar refractivity (Wildman–Crippen MR) is 240 cm³/mol. The van der Waals surface area contributed by atoms with E-state index in [4.69, 9.17) is 28.2 Å². The number of allylic oxidation sites excluding steroid dienone is 2. The lowest BCUT2D eigenvalue weighted by Crippen LogP contribution is -2.50. The number of nitrogens with zero attached hydrogens (tertiary/aromatic N) is 7. The maximum atomic E-state index is 13.5. The van der Waals surface area contributed by atoms with Crippen molar-refractivity contribution in [3.63, 3.8) is 0 Å². The number of piperazine rings is 1. The van der Waals surface area contributed by atoms with Crippen LogP contribution in [-0.2, 0) is 14.8 Å². The number of thiazole rings is 1. The molecule has 19 heteroatoms. The van der Waals surface area contributed by atoms with E-state index < -0.39 is 10.0 Å². The molecule has 1 aliphatic carbocycles. The number of rotatable bonds is 12. The molecule has 2 N–H and O–H groups in total. The Balaban J connectivity index is 0.00000567. The first-order valence-corrected chi connectivity index (χ1v) is 23.9. The molecule has 3 aromatic heterocycles. The third-order valence-electron chi connectivity index (χ3n) is 10.9. The molecule has 2 saturated heterocycles. The third-order valence-corrected chi connectivity index (χ3v) is 14.0. The molecular weight excluding hydrogens is 861 g/mol. The largest absolute Gasteiger partial charge is 0.359 e. The minimum absolute atomic E-state index is 0. The maximum absolute atomic E-state index is 13.5. The summed E-state index contributed by atoms with van der Waals surface area (Å²) in [7, 11) is -3.53. The molecule has 1 saturated carbocycles. The Morgan fingerprint density at radius 3 is 2.43 bits per heavy atom. The molecule has 314 valence electrons. The van der Waals surface area contributed by atoms with Crippen LogP contribution >= 0.6 is 58.3 Å². The highest BCUT2D eigenvalue weighted by Gasteiger charge is 2.30. The van der Waals surface area contributed by atoms with Crippen LogP contribution in [0.5, 0.6) is 0 Å². The number of amides is 2. The molecule has 0 radical (unpaired) electrons. The molecule has 0 aromatic carbocycles. The van der Waals surface area contributed by atoms with Crippen molar-refractivity contribution in [1.82, 2.24) is 25.1 Å². The first kappa shape index (κ1) is 44.3. The highest BCUT2D eigenvalue weighted by Crippen LogP contribution is 2.42. The normalized spacial score (nSPS) is 19.3. The smallest absolute Gasteiger partial charge is 0.259 e. The summed E-state index contributed by atoms with van der Waals surface area (Å²) in [6, 6.07) is 4.26. The van der Waals surface area contributed by atoms with Gasteiger partial charge in [0.15, 0.2) is 5.13 Å². The van der Waals surface area contributed by atoms with Crippen LogP contribution in [-0.4, -0.2) is 110 Å². The summed E-state index contributed by atoms with van der Waals surface area (Å²) in [6.45, 7) is 6.02. The van der Waals surface area contributed by atoms with E-state index in [1.54, 1.807) is 23.6 Å². The highest BCUT2D eigenvalue weighted by atomic mass is 35.5. The van der Waals surface area contributed by atoms with E-state index in [-0.39, 0.29) is 30.1 Å². The van der Waals surface area contributed by atoms with E-state index in [0.29, 0.717) is 90.3 Å². The maximum Gasteiger partial charge on any atom is 0.259 e. The van der Waals surface area contributed by atoms with Crippen LogP contribution in [0.25, 0.3) is 10.6 Å². The number of carbonyl (C=O) groups is 2. The number of nitrogens with one attached hydrogen (secondary N) is 2. The fraction of sp³-hybridized carbons (Fsp3) is 0.513. The van der Waals surface area contributed by atoms with Crippen LogP contribution < -0.4 is 20.4 Å². The molecule has 4 aliphatic rings. The zero-order valence-electron chi connectivity index (χ0n) is 32.4. The number of piperidine rings is 1. The van der Waals surface area contributed by atoms with Crippen molar-refractivity contribution in [3.8, 4) is 10.6 Å². The van der Waals surface area contributed by atoms with Gasteiger partial charge < -0.3 is 20.0 Å². The van der Waals surface area contributed by atoms with E-state index in [1.165, 1.54) is 49.6 Å². The van der Waals surface area contributed by atoms with Gasteiger partial charge in [0.1, 0.15) is 22.3 Å². The lowest BCUT2D eigenvalue weighted by atomic mass is 9.94. The van der Waals surface area contributed by atoms with Gasteiger partial charge in [-0.25, -0.2) is 18.4 Å². The number of sulfonamides is 1. The average Bonchev–Trinajstić information content (AvgIpc) is 3.77. The van der Waals surface area contributed by atoms with Crippen molar-refractivity contribution < 1.29 is 18.0 Å². The molecule has 2 amide bonds. The van der Waals surface area contributed by atoms with Gasteiger partial charge in [-0.05, 0) is 50.3 Å². The molecule has 0 unspecified atom stereocenters. The summed E-state index contributed by atoms with van der Waals surface area (Å²) in [5, 5.41) is 10.5. The number of pyridine rings is 1. The van der Waals surface area contributed by atoms with Crippen molar-refractivity contribution in [2.24, 2.45) is 10.3 Å². The average molecular weight is 911 g/mol. The van der Waals surface area contributed by atoms with Crippen molar-refractivity contribution in [3.05, 3.63) is 63.7 Å². The second kappa shape index (κ2) is 20.3. The minimum Gasteiger partial charge on any atom is -0.359 e. The van der Waals surface area contributed by atoms with Crippen molar-refractivity contribution in [2.75, 3.05) is 73.7 Å². The van der Waals surface area contributed by atoms with Crippen molar-refractivity contribution in [1.29, 1.82) is 0 Å². The first-order valence-electron chi connectivity index (χ1n) is 19.6. The number of halogens is 3. The molecule has 3 aromatic rings. The van der Waals surface area contributed by atoms with Crippen LogP contribution in [0.4, 0.5) is 16.0 Å². The predicted octanol–water partition coefficient (Wildman–Crippen LogP) is 7.56. The number of thiophene rings is 1. The summed E-state index contributed by atoms with van der Waals surface area (Å²) < 4.78 is 27.4. The zero-order valence-corrected chi connectivity index (χ0v) is 37.2. The van der Waals surface area contributed by atoms with Crippen molar-refractivity contribution >= 4 is 102 Å². The summed E-state index contributed by atoms with van der Waals surface area (Å²) in [4.78, 5) is 45.9. The molecular formula is C39H50Cl3N9O4S3. The Morgan fingerprint density at radius 2 is 1.74 bits per heavy atom. The summed E-state index contributed by atoms with van der Waals surface area (Å²) in [5.41, 5.74) is 1.17. The molecule has 13 nitrogen and oxygen atoms in total. The SMILES string of the molecule is CS(=O)(=O)N=C1CC=CC=CN1CCCNC(=O)C1CCN(c2ncc(C(=O)Nc3nc(-c4cc(Cl)cs4)c(N4CCN(C5CCCCC5)CC4)s3)cc2Cl)CC1.Cl. The van der Waals surface area contributed by atoms with Gasteiger partial charge in [-0.3, -0.25) is 19.8 Å². The second-order valence-corrected chi connectivity index (χ2v) is 19.3. The number of aromatic nitrogens is 2. The lowest BCUT2D eigenvalue weighted by molar-refractivity contribution is -0.125. The van der Waals surface area contributed by atoms with Gasteiger partial charge in [0.25, 0.3) is 15.9 Å². The number of carbonyl (C=O) groups excluding carboxylic acids is 2. The molecule has 0 bridgehead atoms. The van der Waals surface area contributed by atoms with Gasteiger partial charge in [0.05, 0.1) is 26.7 Å². The van der Waals surface area contributed by atoms with E-state index in [2.05, 4.69) is 34.7 Å². The van der Waals surface area contributed by atoms with Crippen LogP contribution in [0.15, 0.2) is 52.5 Å². The van der Waals surface area contributed by atoms with Gasteiger partial charge in [0.2, 0.25) is 5.91 Å². The van der Waals surface area contributed by atoms with E-state index in [9.17, 15) is 18.0 Å². The number of anilines is 3. The summed E-state index contributed by atoms with van der Waals surface area (Å²) in [5.74, 6) is 0.551. The standard InChI is InChI=1S/C39H49Cl2N9O4S3.ClH/c1-57(53,54)46-33-11-6-3-7-15-48(33)16-8-14-42-36(51)27-12-17-49(18-13-27)35-31(41)23-28(25-43-35)37(52)45-39-44-34(32-24-29(40)26-55-32)38(56-39)50-21-19-47(20-22-50)30-9-4-2-5-10-30;/h3,6-7,15,23-27,30H,2,4-5,8-14,16-22H2,1H3,(H,42,51)(H,44,45,52);1H. The fourth-order valence-corrected chi connectivity index (χ4v) is 10.9. The Labute approximate surface area is 365 Å². The molecule has 0 spiro atoms. The molecule has 6 heterocycles. The van der Waals surface area contributed by atoms with Gasteiger partial charge in [-0.1, -0.05) is 66.0 Å². The van der Waals surface area contributed by atoms with E-state index in [0.717, 1.165) is 48.0 Å². The molecule has 0 atom stereocenters. The van der Waals surface area contributed by atoms with Gasteiger partial charge in [0, 0.05) is 88.5 Å². The van der Waals surface area contributed by atoms with Crippen LogP contribution in [0, 0.1) is 5.92 Å². The number of hydrogen-bond donors (Lipinski definition) is 2. The Kier molecular flexibility index (Phi) is 15.5. The van der Waals surface area contributed by atoms with Crippen LogP contribution in [0.2, 0.25) is 10.0 Å². The summed E-state index contributed by atoms with van der Waals surface area (Å²) in [6.07, 6.45) is 18.9. The molecule has 3 fully saturated rings. The lowest BCUT2D eigenvalue weighted by Gasteiger charge is -2.41. The van der Waals surface area contributed by atoms with Crippen LogP contribution in [0.1, 0.15) is 68.1 Å². The van der Waals surface area contributed by atoms with Gasteiger partial charge in [-0.15, -0.1) is 28.1 Å². The molecule has 3 aliphatic heterocycles. The Hall–Kier alpha value is -3.25. The van der Waals surface area contributed by atoms with E-state index >= 15 is 0 Å². The minimum atomic E-state index is -3.53. The Bertz CT molecular complexity index is 2100. The Morgan fingerprint density at radius 1 is 0.983 bits per heavy atom. The van der Waals surface area contributed by atoms with Gasteiger partial charge >= 0.3 is 0 Å². The fourth-order valence-electron chi connectivity index (χ4n) is 7.92. The van der Waals surface area contributed by atoms with Gasteiger partial charge in [-0.2, -0.15) is 0 Å². The zero-order chi connectivity index (χ0) is 39.9. The second-order valence-electron chi connectivity index (χ2n) is 14.9. The summed E-state index contributed by atoms with van der Waals surface area (Å²) >= 11 is 16.1. The quantitative estimate of drug-likeness (QED) is 0.175. The molecule has 7 rings (SSSR count). The number of amidine groups is 1.